The Hall–Kier alpha value is -2.12. The van der Waals surface area contributed by atoms with Gasteiger partial charge in [-0.25, -0.2) is 0 Å². The zero-order valence-electron chi connectivity index (χ0n) is 18.2. The van der Waals surface area contributed by atoms with Gasteiger partial charge in [-0.1, -0.05) is 51.9 Å². The van der Waals surface area contributed by atoms with E-state index in [4.69, 9.17) is 14.6 Å². The Morgan fingerprint density at radius 2 is 1.52 bits per heavy atom. The van der Waals surface area contributed by atoms with Gasteiger partial charge in [0.25, 0.3) is 0 Å². The van der Waals surface area contributed by atoms with Crippen molar-refractivity contribution in [2.24, 2.45) is 5.92 Å². The van der Waals surface area contributed by atoms with E-state index in [0.29, 0.717) is 6.42 Å². The van der Waals surface area contributed by atoms with E-state index in [0.717, 1.165) is 25.7 Å². The van der Waals surface area contributed by atoms with Gasteiger partial charge in [-0.15, -0.1) is 0 Å². The molecule has 0 heterocycles. The van der Waals surface area contributed by atoms with Crippen LogP contribution in [-0.4, -0.2) is 47.7 Å². The standard InChI is InChI=1S/C21H37NO7/c1-5-6-7-8-9-10-11-12-18(13-20(25)26)21(27)22-19(14-28-16(3)23)15(2)29-17(4)24/h15,18-19H,5-14H2,1-4H3,(H,22,27)(H,25,26)/t15-,18+,19-/m0/s1. The summed E-state index contributed by atoms with van der Waals surface area (Å²) in [5.41, 5.74) is 0. The lowest BCUT2D eigenvalue weighted by atomic mass is 9.95. The fourth-order valence-electron chi connectivity index (χ4n) is 3.03. The molecule has 2 N–H and O–H groups in total. The molecule has 3 atom stereocenters. The summed E-state index contributed by atoms with van der Waals surface area (Å²) in [5.74, 6) is -3.21. The third kappa shape index (κ3) is 14.5. The van der Waals surface area contributed by atoms with Gasteiger partial charge in [0.15, 0.2) is 0 Å². The molecule has 0 aliphatic rings. The van der Waals surface area contributed by atoms with E-state index in [-0.39, 0.29) is 13.0 Å². The minimum absolute atomic E-state index is 0.160. The van der Waals surface area contributed by atoms with E-state index in [9.17, 15) is 19.2 Å². The van der Waals surface area contributed by atoms with Crippen LogP contribution in [-0.2, 0) is 28.7 Å². The second kappa shape index (κ2) is 15.8. The Bertz CT molecular complexity index is 521. The minimum atomic E-state index is -1.04. The molecule has 0 aromatic rings. The second-order valence-electron chi connectivity index (χ2n) is 7.44. The number of carboxylic acids is 1. The maximum Gasteiger partial charge on any atom is 0.304 e. The number of nitrogens with one attached hydrogen (secondary N) is 1. The highest BCUT2D eigenvalue weighted by atomic mass is 16.6. The van der Waals surface area contributed by atoms with E-state index in [2.05, 4.69) is 12.2 Å². The third-order valence-corrected chi connectivity index (χ3v) is 4.66. The van der Waals surface area contributed by atoms with E-state index >= 15 is 0 Å². The van der Waals surface area contributed by atoms with E-state index in [1.165, 1.54) is 33.1 Å². The number of carboxylic acid groups (broad SMARTS) is 1. The quantitative estimate of drug-likeness (QED) is 0.293. The molecule has 0 fully saturated rings. The van der Waals surface area contributed by atoms with Crippen molar-refractivity contribution in [1.82, 2.24) is 5.32 Å². The number of hydrogen-bond donors (Lipinski definition) is 2. The first-order valence-corrected chi connectivity index (χ1v) is 10.5. The lowest BCUT2D eigenvalue weighted by Gasteiger charge is -2.26. The first-order chi connectivity index (χ1) is 13.7. The first-order valence-electron chi connectivity index (χ1n) is 10.5. The van der Waals surface area contributed by atoms with E-state index < -0.39 is 41.9 Å². The lowest BCUT2D eigenvalue weighted by Crippen LogP contribution is -2.49. The molecule has 0 saturated heterocycles. The fraction of sp³-hybridized carbons (Fsp3) is 0.810. The summed E-state index contributed by atoms with van der Waals surface area (Å²) < 4.78 is 10.0. The average molecular weight is 416 g/mol. The summed E-state index contributed by atoms with van der Waals surface area (Å²) in [6.45, 7) is 6.06. The first kappa shape index (κ1) is 26.9. The van der Waals surface area contributed by atoms with E-state index in [1.807, 2.05) is 0 Å². The summed E-state index contributed by atoms with van der Waals surface area (Å²) in [7, 11) is 0. The van der Waals surface area contributed by atoms with Gasteiger partial charge in [0, 0.05) is 19.8 Å². The molecular formula is C21H37NO7. The third-order valence-electron chi connectivity index (χ3n) is 4.66. The molecule has 0 spiro atoms. The zero-order chi connectivity index (χ0) is 22.2. The number of esters is 2. The summed E-state index contributed by atoms with van der Waals surface area (Å²) >= 11 is 0. The van der Waals surface area contributed by atoms with E-state index in [1.54, 1.807) is 6.92 Å². The molecule has 0 unspecified atom stereocenters. The predicted octanol–water partition coefficient (Wildman–Crippen LogP) is 3.22. The molecule has 0 radical (unpaired) electrons. The minimum Gasteiger partial charge on any atom is -0.481 e. The number of aliphatic carboxylic acids is 1. The van der Waals surface area contributed by atoms with Crippen LogP contribution in [0.2, 0.25) is 0 Å². The van der Waals surface area contributed by atoms with Crippen molar-refractivity contribution in [3.63, 3.8) is 0 Å². The van der Waals surface area contributed by atoms with Gasteiger partial charge in [0.2, 0.25) is 5.91 Å². The molecule has 8 nitrogen and oxygen atoms in total. The largest absolute Gasteiger partial charge is 0.481 e. The van der Waals surface area contributed by atoms with Crippen LogP contribution >= 0.6 is 0 Å². The Morgan fingerprint density at radius 1 is 0.931 bits per heavy atom. The number of carbonyl (C=O) groups is 4. The summed E-state index contributed by atoms with van der Waals surface area (Å²) in [6.07, 6.45) is 7.00. The van der Waals surface area contributed by atoms with Crippen molar-refractivity contribution >= 4 is 23.8 Å². The van der Waals surface area contributed by atoms with Crippen molar-refractivity contribution in [3.05, 3.63) is 0 Å². The molecular weight excluding hydrogens is 378 g/mol. The molecule has 168 valence electrons. The van der Waals surface area contributed by atoms with Gasteiger partial charge in [0.05, 0.1) is 12.5 Å². The van der Waals surface area contributed by atoms with Crippen molar-refractivity contribution in [2.75, 3.05) is 6.61 Å². The van der Waals surface area contributed by atoms with Crippen LogP contribution < -0.4 is 5.32 Å². The smallest absolute Gasteiger partial charge is 0.304 e. The van der Waals surface area contributed by atoms with Crippen LogP contribution in [0.3, 0.4) is 0 Å². The van der Waals surface area contributed by atoms with Crippen molar-refractivity contribution in [2.45, 2.75) is 97.6 Å². The molecule has 8 heteroatoms. The van der Waals surface area contributed by atoms with Crippen LogP contribution in [0, 0.1) is 5.92 Å². The van der Waals surface area contributed by atoms with Crippen molar-refractivity contribution in [1.29, 1.82) is 0 Å². The van der Waals surface area contributed by atoms with Gasteiger partial charge < -0.3 is 19.9 Å². The highest BCUT2D eigenvalue weighted by Gasteiger charge is 2.28. The highest BCUT2D eigenvalue weighted by molar-refractivity contribution is 5.83. The predicted molar refractivity (Wildman–Crippen MR) is 108 cm³/mol. The van der Waals surface area contributed by atoms with Gasteiger partial charge in [-0.3, -0.25) is 19.2 Å². The van der Waals surface area contributed by atoms with Gasteiger partial charge in [-0.2, -0.15) is 0 Å². The number of hydrogen-bond acceptors (Lipinski definition) is 6. The molecule has 0 bridgehead atoms. The summed E-state index contributed by atoms with van der Waals surface area (Å²) in [6, 6.07) is -0.749. The molecule has 0 aromatic heterocycles. The lowest BCUT2D eigenvalue weighted by molar-refractivity contribution is -0.151. The average Bonchev–Trinajstić information content (AvgIpc) is 2.62. The number of rotatable bonds is 16. The SMILES string of the molecule is CCCCCCCCC[C@H](CC(=O)O)C(=O)N[C@@H](COC(C)=O)[C@H](C)OC(C)=O. The maximum absolute atomic E-state index is 12.7. The molecule has 0 rings (SSSR count). The van der Waals surface area contributed by atoms with Crippen molar-refractivity contribution in [3.8, 4) is 0 Å². The number of carbonyl (C=O) groups excluding carboxylic acids is 3. The monoisotopic (exact) mass is 415 g/mol. The molecule has 0 saturated carbocycles. The van der Waals surface area contributed by atoms with Crippen LogP contribution in [0.1, 0.15) is 85.5 Å². The topological polar surface area (TPSA) is 119 Å². The van der Waals surface area contributed by atoms with Crippen LogP contribution in [0.25, 0.3) is 0 Å². The Labute approximate surface area is 173 Å². The van der Waals surface area contributed by atoms with Gasteiger partial charge >= 0.3 is 17.9 Å². The van der Waals surface area contributed by atoms with Gasteiger partial charge in [0.1, 0.15) is 12.7 Å². The maximum atomic E-state index is 12.7. The normalized spacial score (nSPS) is 13.8. The number of unbranched alkanes of at least 4 members (excludes halogenated alkanes) is 6. The summed E-state index contributed by atoms with van der Waals surface area (Å²) in [4.78, 5) is 46.2. The van der Waals surface area contributed by atoms with Crippen LogP contribution in [0.4, 0.5) is 0 Å². The summed E-state index contributed by atoms with van der Waals surface area (Å²) in [5, 5.41) is 11.8. The molecule has 0 aliphatic heterocycles. The Morgan fingerprint density at radius 3 is 2.03 bits per heavy atom. The zero-order valence-corrected chi connectivity index (χ0v) is 18.2. The second-order valence-corrected chi connectivity index (χ2v) is 7.44. The molecule has 0 aromatic carbocycles. The highest BCUT2D eigenvalue weighted by Crippen LogP contribution is 2.17. The Balaban J connectivity index is 4.78. The number of amides is 1. The van der Waals surface area contributed by atoms with Crippen LogP contribution in [0.15, 0.2) is 0 Å². The molecule has 29 heavy (non-hydrogen) atoms. The Kier molecular flexibility index (Phi) is 14.6. The van der Waals surface area contributed by atoms with Crippen molar-refractivity contribution < 1.29 is 33.8 Å². The fourth-order valence-corrected chi connectivity index (χ4v) is 3.03. The molecule has 1 amide bonds. The van der Waals surface area contributed by atoms with Crippen LogP contribution in [0.5, 0.6) is 0 Å². The number of ether oxygens (including phenoxy) is 2. The molecule has 0 aliphatic carbocycles. The van der Waals surface area contributed by atoms with Gasteiger partial charge in [-0.05, 0) is 13.3 Å².